The number of hydrogen-bond donors (Lipinski definition) is 2. The molecule has 0 spiro atoms. The summed E-state index contributed by atoms with van der Waals surface area (Å²) >= 11 is 5.95. The fraction of sp³-hybridized carbons (Fsp3) is 0.111. The van der Waals surface area contributed by atoms with Crippen LogP contribution < -0.4 is 5.32 Å². The molecule has 2 aromatic carbocycles. The van der Waals surface area contributed by atoms with E-state index in [9.17, 15) is 14.7 Å². The average molecular weight is 343 g/mol. The lowest BCUT2D eigenvalue weighted by Crippen LogP contribution is -2.35. The van der Waals surface area contributed by atoms with E-state index in [4.69, 9.17) is 11.6 Å². The Morgan fingerprint density at radius 1 is 1.12 bits per heavy atom. The first-order valence-electron chi connectivity index (χ1n) is 7.36. The van der Waals surface area contributed by atoms with E-state index < -0.39 is 12.0 Å². The lowest BCUT2D eigenvalue weighted by atomic mass is 10.1. The summed E-state index contributed by atoms with van der Waals surface area (Å²) in [6.07, 6.45) is 1.78. The highest BCUT2D eigenvalue weighted by molar-refractivity contribution is 6.31. The van der Waals surface area contributed by atoms with Gasteiger partial charge in [-0.15, -0.1) is 0 Å². The fourth-order valence-electron chi connectivity index (χ4n) is 2.60. The molecule has 24 heavy (non-hydrogen) atoms. The van der Waals surface area contributed by atoms with E-state index in [1.807, 2.05) is 18.2 Å². The van der Waals surface area contributed by atoms with Gasteiger partial charge in [0.2, 0.25) is 5.91 Å². The van der Waals surface area contributed by atoms with Crippen LogP contribution in [0.25, 0.3) is 10.9 Å². The van der Waals surface area contributed by atoms with Crippen LogP contribution in [0, 0.1) is 0 Å². The lowest BCUT2D eigenvalue weighted by Gasteiger charge is -2.15. The molecule has 5 nitrogen and oxygen atoms in total. The highest BCUT2D eigenvalue weighted by Gasteiger charge is 2.22. The third-order valence-corrected chi connectivity index (χ3v) is 3.97. The van der Waals surface area contributed by atoms with E-state index in [2.05, 4.69) is 5.32 Å². The first kappa shape index (κ1) is 16.1. The number of rotatable bonds is 5. The summed E-state index contributed by atoms with van der Waals surface area (Å²) < 4.78 is 1.75. The van der Waals surface area contributed by atoms with E-state index in [0.29, 0.717) is 10.6 Å². The van der Waals surface area contributed by atoms with E-state index in [1.54, 1.807) is 47.2 Å². The molecule has 1 atom stereocenters. The summed E-state index contributed by atoms with van der Waals surface area (Å²) in [6.45, 7) is 0.0295. The number of hydrogen-bond acceptors (Lipinski definition) is 2. The van der Waals surface area contributed by atoms with Crippen molar-refractivity contribution < 1.29 is 14.7 Å². The third kappa shape index (κ3) is 3.41. The summed E-state index contributed by atoms with van der Waals surface area (Å²) in [5.41, 5.74) is 1.39. The summed E-state index contributed by atoms with van der Waals surface area (Å²) in [4.78, 5) is 23.7. The molecular formula is C18H15ClN2O3. The first-order valence-corrected chi connectivity index (χ1v) is 7.74. The Morgan fingerprint density at radius 3 is 2.58 bits per heavy atom. The van der Waals surface area contributed by atoms with Crippen molar-refractivity contribution in [3.05, 3.63) is 71.4 Å². The van der Waals surface area contributed by atoms with Gasteiger partial charge in [-0.05, 0) is 29.8 Å². The number of nitrogens with zero attached hydrogens (tertiary/aromatic N) is 1. The number of carboxylic acids is 1. The van der Waals surface area contributed by atoms with Crippen molar-refractivity contribution in [2.75, 3.05) is 0 Å². The van der Waals surface area contributed by atoms with Crippen molar-refractivity contribution in [2.45, 2.75) is 12.6 Å². The average Bonchev–Trinajstić information content (AvgIpc) is 2.95. The minimum atomic E-state index is -1.10. The van der Waals surface area contributed by atoms with Gasteiger partial charge in [-0.25, -0.2) is 4.79 Å². The SMILES string of the molecule is O=C(Cn1ccc2cc(Cl)ccc21)NC(C(=O)O)c1ccccc1. The molecule has 3 rings (SSSR count). The van der Waals surface area contributed by atoms with E-state index in [-0.39, 0.29) is 12.5 Å². The van der Waals surface area contributed by atoms with Crippen molar-refractivity contribution in [3.8, 4) is 0 Å². The zero-order chi connectivity index (χ0) is 17.1. The van der Waals surface area contributed by atoms with Crippen molar-refractivity contribution in [1.29, 1.82) is 0 Å². The molecule has 122 valence electrons. The third-order valence-electron chi connectivity index (χ3n) is 3.73. The Balaban J connectivity index is 1.77. The summed E-state index contributed by atoms with van der Waals surface area (Å²) in [6, 6.07) is 14.8. The Labute approximate surface area is 143 Å². The van der Waals surface area contributed by atoms with Gasteiger partial charge in [-0.3, -0.25) is 4.79 Å². The van der Waals surface area contributed by atoms with Gasteiger partial charge in [0.05, 0.1) is 0 Å². The Hall–Kier alpha value is -2.79. The quantitative estimate of drug-likeness (QED) is 0.747. The van der Waals surface area contributed by atoms with Crippen LogP contribution in [0.15, 0.2) is 60.8 Å². The van der Waals surface area contributed by atoms with Crippen LogP contribution in [0.2, 0.25) is 5.02 Å². The van der Waals surface area contributed by atoms with Crippen molar-refractivity contribution in [1.82, 2.24) is 9.88 Å². The number of nitrogens with one attached hydrogen (secondary N) is 1. The molecule has 0 aliphatic rings. The highest BCUT2D eigenvalue weighted by atomic mass is 35.5. The number of carbonyl (C=O) groups excluding carboxylic acids is 1. The maximum Gasteiger partial charge on any atom is 0.330 e. The molecule has 0 saturated heterocycles. The van der Waals surface area contributed by atoms with E-state index >= 15 is 0 Å². The van der Waals surface area contributed by atoms with E-state index in [1.165, 1.54) is 0 Å². The maximum absolute atomic E-state index is 12.3. The summed E-state index contributed by atoms with van der Waals surface area (Å²) in [7, 11) is 0. The van der Waals surface area contributed by atoms with Crippen LogP contribution in [0.5, 0.6) is 0 Å². The molecule has 1 heterocycles. The van der Waals surface area contributed by atoms with Gasteiger partial charge in [-0.2, -0.15) is 0 Å². The second-order valence-corrected chi connectivity index (χ2v) is 5.83. The van der Waals surface area contributed by atoms with Gasteiger partial charge in [0.1, 0.15) is 6.54 Å². The van der Waals surface area contributed by atoms with Gasteiger partial charge >= 0.3 is 5.97 Å². The van der Waals surface area contributed by atoms with Crippen molar-refractivity contribution >= 4 is 34.4 Å². The number of benzene rings is 2. The molecular weight excluding hydrogens is 328 g/mol. The fourth-order valence-corrected chi connectivity index (χ4v) is 2.78. The summed E-state index contributed by atoms with van der Waals surface area (Å²) in [5, 5.41) is 13.5. The lowest BCUT2D eigenvalue weighted by molar-refractivity contribution is -0.142. The van der Waals surface area contributed by atoms with Crippen LogP contribution in [0.4, 0.5) is 0 Å². The predicted octanol–water partition coefficient (Wildman–Crippen LogP) is 3.24. The minimum Gasteiger partial charge on any atom is -0.479 e. The molecule has 0 saturated carbocycles. The molecule has 0 bridgehead atoms. The van der Waals surface area contributed by atoms with Crippen LogP contribution in [0.1, 0.15) is 11.6 Å². The Bertz CT molecular complexity index is 890. The van der Waals surface area contributed by atoms with Crippen LogP contribution in [-0.2, 0) is 16.1 Å². The largest absolute Gasteiger partial charge is 0.479 e. The number of carboxylic acid groups (broad SMARTS) is 1. The molecule has 3 aromatic rings. The van der Waals surface area contributed by atoms with Crippen LogP contribution in [0.3, 0.4) is 0 Å². The zero-order valence-electron chi connectivity index (χ0n) is 12.6. The summed E-state index contributed by atoms with van der Waals surface area (Å²) in [5.74, 6) is -1.47. The Morgan fingerprint density at radius 2 is 1.88 bits per heavy atom. The minimum absolute atomic E-state index is 0.0295. The number of fused-ring (bicyclic) bond motifs is 1. The smallest absolute Gasteiger partial charge is 0.330 e. The standard InChI is InChI=1S/C18H15ClN2O3/c19-14-6-7-15-13(10-14)8-9-21(15)11-16(22)20-17(18(23)24)12-4-2-1-3-5-12/h1-10,17H,11H2,(H,20,22)(H,23,24). The molecule has 1 aromatic heterocycles. The van der Waals surface area contributed by atoms with Gasteiger partial charge < -0.3 is 15.0 Å². The van der Waals surface area contributed by atoms with Crippen LogP contribution in [-0.4, -0.2) is 21.6 Å². The molecule has 0 radical (unpaired) electrons. The zero-order valence-corrected chi connectivity index (χ0v) is 13.4. The molecule has 0 fully saturated rings. The number of halogens is 1. The second kappa shape index (κ2) is 6.76. The molecule has 2 N–H and O–H groups in total. The first-order chi connectivity index (χ1) is 11.5. The molecule has 6 heteroatoms. The van der Waals surface area contributed by atoms with Crippen molar-refractivity contribution in [2.24, 2.45) is 0 Å². The highest BCUT2D eigenvalue weighted by Crippen LogP contribution is 2.20. The van der Waals surface area contributed by atoms with Gasteiger partial charge in [0, 0.05) is 22.1 Å². The van der Waals surface area contributed by atoms with Crippen molar-refractivity contribution in [3.63, 3.8) is 0 Å². The molecule has 1 unspecified atom stereocenters. The number of aromatic nitrogens is 1. The molecule has 0 aliphatic heterocycles. The monoisotopic (exact) mass is 342 g/mol. The van der Waals surface area contributed by atoms with Gasteiger partial charge in [-0.1, -0.05) is 41.9 Å². The van der Waals surface area contributed by atoms with Gasteiger partial charge in [0.25, 0.3) is 0 Å². The number of aliphatic carboxylic acids is 1. The van der Waals surface area contributed by atoms with Gasteiger partial charge in [0.15, 0.2) is 6.04 Å². The van der Waals surface area contributed by atoms with Crippen LogP contribution >= 0.6 is 11.6 Å². The topological polar surface area (TPSA) is 71.3 Å². The normalized spacial score (nSPS) is 12.0. The van der Waals surface area contributed by atoms with E-state index in [0.717, 1.165) is 10.9 Å². The predicted molar refractivity (Wildman–Crippen MR) is 91.9 cm³/mol. The number of carbonyl (C=O) groups is 2. The maximum atomic E-state index is 12.3. The molecule has 1 amide bonds. The Kier molecular flexibility index (Phi) is 4.53. The number of amides is 1. The second-order valence-electron chi connectivity index (χ2n) is 5.40. The molecule has 0 aliphatic carbocycles.